The molecule has 5 nitrogen and oxygen atoms in total. The molecule has 0 atom stereocenters. The highest BCUT2D eigenvalue weighted by molar-refractivity contribution is 5.94. The van der Waals surface area contributed by atoms with E-state index in [1.807, 2.05) is 27.7 Å². The van der Waals surface area contributed by atoms with Crippen LogP contribution in [0.25, 0.3) is 0 Å². The Morgan fingerprint density at radius 3 is 2.06 bits per heavy atom. The van der Waals surface area contributed by atoms with Crippen LogP contribution in [-0.4, -0.2) is 39.0 Å². The van der Waals surface area contributed by atoms with Crippen molar-refractivity contribution >= 4 is 11.9 Å². The van der Waals surface area contributed by atoms with E-state index in [4.69, 9.17) is 5.11 Å². The van der Waals surface area contributed by atoms with Gasteiger partial charge < -0.3 is 10.0 Å². The van der Waals surface area contributed by atoms with Gasteiger partial charge in [-0.3, -0.25) is 9.78 Å². The van der Waals surface area contributed by atoms with Crippen molar-refractivity contribution in [2.75, 3.05) is 0 Å². The summed E-state index contributed by atoms with van der Waals surface area (Å²) in [6, 6.07) is 2.97. The number of aromatic carboxylic acids is 1. The molecule has 0 saturated heterocycles. The number of rotatable bonds is 4. The molecule has 1 N–H and O–H groups in total. The second kappa shape index (κ2) is 5.62. The van der Waals surface area contributed by atoms with E-state index in [2.05, 4.69) is 4.98 Å². The van der Waals surface area contributed by atoms with Gasteiger partial charge in [0.15, 0.2) is 0 Å². The summed E-state index contributed by atoms with van der Waals surface area (Å²) in [4.78, 5) is 28.5. The van der Waals surface area contributed by atoms with Gasteiger partial charge >= 0.3 is 5.97 Å². The zero-order valence-electron chi connectivity index (χ0n) is 11.0. The number of hydrogen-bond donors (Lipinski definition) is 1. The molecule has 0 radical (unpaired) electrons. The smallest absolute Gasteiger partial charge is 0.337 e. The van der Waals surface area contributed by atoms with Crippen LogP contribution in [0.3, 0.4) is 0 Å². The normalized spacial score (nSPS) is 10.8. The molecule has 98 valence electrons. The fourth-order valence-electron chi connectivity index (χ4n) is 1.84. The van der Waals surface area contributed by atoms with Gasteiger partial charge in [-0.25, -0.2) is 4.79 Å². The number of aromatic nitrogens is 1. The molecule has 5 heteroatoms. The predicted molar refractivity (Wildman–Crippen MR) is 67.6 cm³/mol. The molecule has 1 aromatic rings. The third-order valence-electron chi connectivity index (χ3n) is 2.58. The van der Waals surface area contributed by atoms with Crippen LogP contribution in [0.15, 0.2) is 18.3 Å². The number of carbonyl (C=O) groups is 2. The van der Waals surface area contributed by atoms with Crippen LogP contribution in [0.2, 0.25) is 0 Å². The van der Waals surface area contributed by atoms with Gasteiger partial charge in [0.2, 0.25) is 0 Å². The van der Waals surface area contributed by atoms with E-state index in [1.165, 1.54) is 18.3 Å². The van der Waals surface area contributed by atoms with Crippen LogP contribution in [0.5, 0.6) is 0 Å². The summed E-state index contributed by atoms with van der Waals surface area (Å²) in [5.41, 5.74) is 0.342. The monoisotopic (exact) mass is 250 g/mol. The summed E-state index contributed by atoms with van der Waals surface area (Å²) < 4.78 is 0. The maximum atomic E-state index is 12.2. The number of nitrogens with zero attached hydrogens (tertiary/aromatic N) is 2. The number of hydrogen-bond acceptors (Lipinski definition) is 3. The maximum absolute atomic E-state index is 12.2. The van der Waals surface area contributed by atoms with E-state index in [0.717, 1.165) is 0 Å². The molecule has 0 aliphatic rings. The van der Waals surface area contributed by atoms with Crippen LogP contribution >= 0.6 is 0 Å². The molecule has 0 bridgehead atoms. The first-order valence-electron chi connectivity index (χ1n) is 5.86. The lowest BCUT2D eigenvalue weighted by molar-refractivity contribution is 0.0633. The summed E-state index contributed by atoms with van der Waals surface area (Å²) in [5, 5.41) is 8.76. The summed E-state index contributed by atoms with van der Waals surface area (Å²) in [6.07, 6.45) is 1.20. The molecule has 1 aromatic heterocycles. The molecule has 18 heavy (non-hydrogen) atoms. The van der Waals surface area contributed by atoms with Crippen molar-refractivity contribution in [3.8, 4) is 0 Å². The molecule has 1 heterocycles. The van der Waals surface area contributed by atoms with E-state index >= 15 is 0 Å². The number of carbonyl (C=O) groups excluding carboxylic acids is 1. The van der Waals surface area contributed by atoms with Crippen LogP contribution in [-0.2, 0) is 0 Å². The summed E-state index contributed by atoms with van der Waals surface area (Å²) in [6.45, 7) is 7.74. The highest BCUT2D eigenvalue weighted by atomic mass is 16.4. The van der Waals surface area contributed by atoms with Gasteiger partial charge in [-0.1, -0.05) is 0 Å². The molecule has 0 aliphatic carbocycles. The maximum Gasteiger partial charge on any atom is 0.337 e. The lowest BCUT2D eigenvalue weighted by Gasteiger charge is -2.30. The predicted octanol–water partition coefficient (Wildman–Crippen LogP) is 2.04. The fraction of sp³-hybridized carbons (Fsp3) is 0.462. The Kier molecular flexibility index (Phi) is 4.42. The second-order valence-electron chi connectivity index (χ2n) is 4.64. The highest BCUT2D eigenvalue weighted by Crippen LogP contribution is 2.11. The molecule has 0 aliphatic heterocycles. The van der Waals surface area contributed by atoms with Crippen LogP contribution in [0, 0.1) is 0 Å². The van der Waals surface area contributed by atoms with E-state index < -0.39 is 5.97 Å². The van der Waals surface area contributed by atoms with Crippen LogP contribution in [0.1, 0.15) is 48.5 Å². The van der Waals surface area contributed by atoms with Gasteiger partial charge in [-0.2, -0.15) is 0 Å². The molecule has 0 saturated carbocycles. The Bertz CT molecular complexity index is 430. The average molecular weight is 250 g/mol. The van der Waals surface area contributed by atoms with Crippen molar-refractivity contribution in [2.24, 2.45) is 0 Å². The Morgan fingerprint density at radius 2 is 1.72 bits per heavy atom. The van der Waals surface area contributed by atoms with E-state index in [0.29, 0.717) is 0 Å². The van der Waals surface area contributed by atoms with Gasteiger partial charge in [0.05, 0.1) is 5.56 Å². The Balaban J connectivity index is 2.99. The summed E-state index contributed by atoms with van der Waals surface area (Å²) in [5.74, 6) is -1.23. The molecular weight excluding hydrogens is 232 g/mol. The van der Waals surface area contributed by atoms with E-state index in [1.54, 1.807) is 4.90 Å². The quantitative estimate of drug-likeness (QED) is 0.887. The van der Waals surface area contributed by atoms with Gasteiger partial charge in [-0.15, -0.1) is 0 Å². The van der Waals surface area contributed by atoms with Crippen molar-refractivity contribution < 1.29 is 14.7 Å². The largest absolute Gasteiger partial charge is 0.478 e. The zero-order chi connectivity index (χ0) is 13.9. The van der Waals surface area contributed by atoms with Gasteiger partial charge in [0, 0.05) is 18.3 Å². The molecular formula is C13H18N2O3. The van der Waals surface area contributed by atoms with Crippen LogP contribution in [0.4, 0.5) is 0 Å². The van der Waals surface area contributed by atoms with Crippen LogP contribution < -0.4 is 0 Å². The number of carboxylic acids is 1. The summed E-state index contributed by atoms with van der Waals surface area (Å²) >= 11 is 0. The van der Waals surface area contributed by atoms with Gasteiger partial charge in [-0.05, 0) is 39.8 Å². The van der Waals surface area contributed by atoms with E-state index in [9.17, 15) is 9.59 Å². The first-order valence-corrected chi connectivity index (χ1v) is 5.86. The second-order valence-corrected chi connectivity index (χ2v) is 4.64. The molecule has 0 spiro atoms. The van der Waals surface area contributed by atoms with Gasteiger partial charge in [0.25, 0.3) is 5.91 Å². The average Bonchev–Trinajstić information content (AvgIpc) is 2.28. The van der Waals surface area contributed by atoms with Crippen molar-refractivity contribution in [1.29, 1.82) is 0 Å². The van der Waals surface area contributed by atoms with Gasteiger partial charge in [0.1, 0.15) is 5.69 Å². The minimum atomic E-state index is -1.05. The SMILES string of the molecule is CC(C)N(C(=O)c1ccc(C(=O)O)cn1)C(C)C. The zero-order valence-corrected chi connectivity index (χ0v) is 11.0. The summed E-state index contributed by atoms with van der Waals surface area (Å²) in [7, 11) is 0. The van der Waals surface area contributed by atoms with Crippen molar-refractivity contribution in [1.82, 2.24) is 9.88 Å². The Morgan fingerprint density at radius 1 is 1.17 bits per heavy atom. The first-order chi connectivity index (χ1) is 8.34. The third-order valence-corrected chi connectivity index (χ3v) is 2.58. The highest BCUT2D eigenvalue weighted by Gasteiger charge is 2.22. The first kappa shape index (κ1) is 14.2. The lowest BCUT2D eigenvalue weighted by Crippen LogP contribution is -2.42. The van der Waals surface area contributed by atoms with Crippen molar-refractivity contribution in [3.63, 3.8) is 0 Å². The minimum absolute atomic E-state index is 0.0680. The lowest BCUT2D eigenvalue weighted by atomic mass is 10.2. The molecule has 1 amide bonds. The standard InChI is InChI=1S/C13H18N2O3/c1-8(2)15(9(3)4)12(16)11-6-5-10(7-14-11)13(17)18/h5-9H,1-4H3,(H,17,18). The molecule has 0 fully saturated rings. The molecule has 0 unspecified atom stereocenters. The van der Waals surface area contributed by atoms with Crippen molar-refractivity contribution in [3.05, 3.63) is 29.6 Å². The Hall–Kier alpha value is -1.91. The molecule has 0 aromatic carbocycles. The minimum Gasteiger partial charge on any atom is -0.478 e. The number of carboxylic acid groups (broad SMARTS) is 1. The van der Waals surface area contributed by atoms with Crippen molar-refractivity contribution in [2.45, 2.75) is 39.8 Å². The number of pyridine rings is 1. The topological polar surface area (TPSA) is 70.5 Å². The Labute approximate surface area is 106 Å². The fourth-order valence-corrected chi connectivity index (χ4v) is 1.84. The number of amides is 1. The van der Waals surface area contributed by atoms with E-state index in [-0.39, 0.29) is 29.2 Å². The molecule has 1 rings (SSSR count). The third kappa shape index (κ3) is 3.06.